The molecule has 0 bridgehead atoms. The monoisotopic (exact) mass is 544 g/mol. The van der Waals surface area contributed by atoms with Gasteiger partial charge in [-0.3, -0.25) is 0 Å². The number of rotatable bonds is 9. The predicted molar refractivity (Wildman–Crippen MR) is 115 cm³/mol. The molecule has 16 nitrogen and oxygen atoms in total. The fraction of sp³-hybridized carbons (Fsp3) is 0.952. The molecule has 0 spiro atoms. The first kappa shape index (κ1) is 30.5. The van der Waals surface area contributed by atoms with Crippen LogP contribution >= 0.6 is 0 Å². The van der Waals surface area contributed by atoms with Gasteiger partial charge in [0.25, 0.3) is 0 Å². The third-order valence-electron chi connectivity index (χ3n) is 6.84. The summed E-state index contributed by atoms with van der Waals surface area (Å²) in [6, 6.07) is 0. The summed E-state index contributed by atoms with van der Waals surface area (Å²) in [6.07, 6.45) is -20.6. The summed E-state index contributed by atoms with van der Waals surface area (Å²) in [4.78, 5) is 10.9. The number of hydrogen-bond donors (Lipinski definition) is 10. The Morgan fingerprint density at radius 3 is 2.11 bits per heavy atom. The lowest BCUT2D eigenvalue weighted by atomic mass is 9.79. The van der Waals surface area contributed by atoms with E-state index < -0.39 is 124 Å². The summed E-state index contributed by atoms with van der Waals surface area (Å²) < 4.78 is 27.3. The fourth-order valence-corrected chi connectivity index (χ4v) is 4.74. The molecule has 0 aromatic rings. The van der Waals surface area contributed by atoms with Gasteiger partial charge in [0.15, 0.2) is 12.6 Å². The lowest BCUT2D eigenvalue weighted by Crippen LogP contribution is -2.64. The third kappa shape index (κ3) is 6.74. The van der Waals surface area contributed by atoms with Crippen LogP contribution in [0.5, 0.6) is 0 Å². The topological polar surface area (TPSA) is 266 Å². The van der Waals surface area contributed by atoms with Crippen LogP contribution in [0.2, 0.25) is 0 Å². The number of aliphatic carboxylic acids is 1. The van der Waals surface area contributed by atoms with E-state index in [1.54, 1.807) is 0 Å². The van der Waals surface area contributed by atoms with Crippen molar-refractivity contribution in [2.24, 2.45) is 0 Å². The Bertz CT molecular complexity index is 756. The van der Waals surface area contributed by atoms with Crippen LogP contribution in [0.15, 0.2) is 0 Å². The Morgan fingerprint density at radius 2 is 1.51 bits per heavy atom. The van der Waals surface area contributed by atoms with E-state index in [1.165, 1.54) is 6.92 Å². The summed E-state index contributed by atoms with van der Waals surface area (Å²) in [6.45, 7) is -1.05. The van der Waals surface area contributed by atoms with Crippen LogP contribution in [0, 0.1) is 0 Å². The molecule has 3 fully saturated rings. The average Bonchev–Trinajstić information content (AvgIpc) is 2.84. The van der Waals surface area contributed by atoms with Gasteiger partial charge in [-0.1, -0.05) is 0 Å². The maximum Gasteiger partial charge on any atom is 0.329 e. The van der Waals surface area contributed by atoms with Crippen LogP contribution in [0.3, 0.4) is 0 Å². The molecule has 0 unspecified atom stereocenters. The Hall–Kier alpha value is -1.09. The summed E-state index contributed by atoms with van der Waals surface area (Å²) >= 11 is 0. The van der Waals surface area contributed by atoms with Crippen LogP contribution in [0.25, 0.3) is 0 Å². The van der Waals surface area contributed by atoms with Crippen molar-refractivity contribution >= 4 is 5.97 Å². The minimum absolute atomic E-state index is 0.394. The summed E-state index contributed by atoms with van der Waals surface area (Å²) in [5.41, 5.74) is -1.87. The average molecular weight is 545 g/mol. The van der Waals surface area contributed by atoms with Crippen molar-refractivity contribution in [3.63, 3.8) is 0 Å². The van der Waals surface area contributed by atoms with Gasteiger partial charge < -0.3 is 74.7 Å². The van der Waals surface area contributed by atoms with Gasteiger partial charge in [0.05, 0.1) is 37.1 Å². The summed E-state index contributed by atoms with van der Waals surface area (Å²) in [5.74, 6) is -1.40. The summed E-state index contributed by atoms with van der Waals surface area (Å²) in [5, 5.41) is 101. The Kier molecular flexibility index (Phi) is 10.2. The van der Waals surface area contributed by atoms with Crippen LogP contribution in [-0.4, -0.2) is 162 Å². The molecule has 1 aliphatic carbocycles. The van der Waals surface area contributed by atoms with Gasteiger partial charge in [0, 0.05) is 12.8 Å². The number of aliphatic hydroxyl groups is 9. The number of ether oxygens (including phenoxy) is 5. The Labute approximate surface area is 211 Å². The standard InChI is InChI=1S/C21H36O16/c1-7-12(27)14(29)15(30)19(34-7)37-17-8(24)2-21(32,6-23)3-9(17)35-20-16(31)18(33-5-11(25)26)13(28)10(4-22)36-20/h7-10,12-20,22-24,27-32H,2-6H2,1H3,(H,25,26)/t7-,8-,9+,10-,12+,13-,14-,15-,16-,17+,18-,19-,20+,21-/m0/s1. The highest BCUT2D eigenvalue weighted by atomic mass is 16.7. The van der Waals surface area contributed by atoms with Gasteiger partial charge in [0.2, 0.25) is 0 Å². The molecule has 2 saturated heterocycles. The second kappa shape index (κ2) is 12.4. The number of carboxylic acid groups (broad SMARTS) is 1. The molecule has 0 aromatic heterocycles. The Balaban J connectivity index is 1.83. The first-order valence-corrected chi connectivity index (χ1v) is 11.8. The molecule has 3 rings (SSSR count). The smallest absolute Gasteiger partial charge is 0.329 e. The normalized spacial score (nSPS) is 49.1. The maximum atomic E-state index is 10.9. The van der Waals surface area contributed by atoms with E-state index in [1.807, 2.05) is 0 Å². The molecule has 37 heavy (non-hydrogen) atoms. The highest BCUT2D eigenvalue weighted by molar-refractivity contribution is 5.68. The van der Waals surface area contributed by atoms with Crippen molar-refractivity contribution in [3.05, 3.63) is 0 Å². The zero-order valence-electron chi connectivity index (χ0n) is 20.0. The number of aliphatic hydroxyl groups excluding tert-OH is 8. The molecule has 14 atom stereocenters. The van der Waals surface area contributed by atoms with Crippen LogP contribution in [0.1, 0.15) is 19.8 Å². The van der Waals surface area contributed by atoms with E-state index >= 15 is 0 Å². The van der Waals surface area contributed by atoms with Gasteiger partial charge in [-0.05, 0) is 6.92 Å². The summed E-state index contributed by atoms with van der Waals surface area (Å²) in [7, 11) is 0. The minimum atomic E-state index is -1.87. The highest BCUT2D eigenvalue weighted by Gasteiger charge is 2.53. The molecule has 0 aromatic carbocycles. The van der Waals surface area contributed by atoms with Crippen molar-refractivity contribution in [1.82, 2.24) is 0 Å². The van der Waals surface area contributed by atoms with E-state index in [0.717, 1.165) is 0 Å². The largest absolute Gasteiger partial charge is 0.480 e. The zero-order chi connectivity index (χ0) is 27.7. The quantitative estimate of drug-likeness (QED) is 0.130. The van der Waals surface area contributed by atoms with Gasteiger partial charge >= 0.3 is 5.97 Å². The van der Waals surface area contributed by atoms with Crippen LogP contribution < -0.4 is 0 Å². The molecular weight excluding hydrogens is 508 g/mol. The van der Waals surface area contributed by atoms with E-state index in [-0.39, 0.29) is 0 Å². The molecule has 2 heterocycles. The molecule has 0 amide bonds. The number of carbonyl (C=O) groups is 1. The van der Waals surface area contributed by atoms with Crippen LogP contribution in [0.4, 0.5) is 0 Å². The maximum absolute atomic E-state index is 10.9. The first-order chi connectivity index (χ1) is 17.3. The second-order valence-corrected chi connectivity index (χ2v) is 9.69. The molecule has 216 valence electrons. The van der Waals surface area contributed by atoms with Crippen molar-refractivity contribution in [3.8, 4) is 0 Å². The van der Waals surface area contributed by atoms with E-state index in [0.29, 0.717) is 0 Å². The third-order valence-corrected chi connectivity index (χ3v) is 6.84. The SMILES string of the molecule is C[C@@H]1O[C@@H](O[C@@H]2[C@@H](O)C[C@@](O)(CO)C[C@H]2O[C@@H]2O[C@@H](CO)[C@H](O)[C@H](OCC(=O)O)[C@@H]2O)[C@@H](O)[C@@H](O)[C@@H]1O. The van der Waals surface area contributed by atoms with Gasteiger partial charge in [-0.2, -0.15) is 0 Å². The second-order valence-electron chi connectivity index (χ2n) is 9.69. The van der Waals surface area contributed by atoms with Crippen molar-refractivity contribution in [2.45, 2.75) is 105 Å². The molecule has 2 aliphatic heterocycles. The van der Waals surface area contributed by atoms with E-state index in [2.05, 4.69) is 0 Å². The predicted octanol–water partition coefficient (Wildman–Crippen LogP) is -5.63. The number of hydrogen-bond acceptors (Lipinski definition) is 15. The Morgan fingerprint density at radius 1 is 0.865 bits per heavy atom. The lowest BCUT2D eigenvalue weighted by molar-refractivity contribution is -0.356. The highest BCUT2D eigenvalue weighted by Crippen LogP contribution is 2.36. The van der Waals surface area contributed by atoms with E-state index in [9.17, 15) is 50.8 Å². The molecule has 10 N–H and O–H groups in total. The van der Waals surface area contributed by atoms with Gasteiger partial charge in [0.1, 0.15) is 55.4 Å². The molecular formula is C21H36O16. The first-order valence-electron chi connectivity index (χ1n) is 11.8. The lowest BCUT2D eigenvalue weighted by Gasteiger charge is -2.48. The van der Waals surface area contributed by atoms with Crippen LogP contribution in [-0.2, 0) is 28.5 Å². The van der Waals surface area contributed by atoms with Crippen molar-refractivity contribution in [2.75, 3.05) is 19.8 Å². The van der Waals surface area contributed by atoms with Crippen molar-refractivity contribution in [1.29, 1.82) is 0 Å². The fourth-order valence-electron chi connectivity index (χ4n) is 4.74. The number of carboxylic acids is 1. The zero-order valence-corrected chi connectivity index (χ0v) is 20.0. The molecule has 3 aliphatic rings. The molecule has 0 radical (unpaired) electrons. The van der Waals surface area contributed by atoms with E-state index in [4.69, 9.17) is 28.8 Å². The van der Waals surface area contributed by atoms with Gasteiger partial charge in [-0.25, -0.2) is 4.79 Å². The molecule has 1 saturated carbocycles. The van der Waals surface area contributed by atoms with Crippen molar-refractivity contribution < 1.29 is 79.5 Å². The molecule has 16 heteroatoms. The van der Waals surface area contributed by atoms with Gasteiger partial charge in [-0.15, -0.1) is 0 Å². The minimum Gasteiger partial charge on any atom is -0.480 e.